The first-order valence-corrected chi connectivity index (χ1v) is 7.99. The molecule has 0 amide bonds. The summed E-state index contributed by atoms with van der Waals surface area (Å²) < 4.78 is 44.6. The van der Waals surface area contributed by atoms with Crippen LogP contribution in [0.15, 0.2) is 65.5 Å². The first-order chi connectivity index (χ1) is 12.9. The minimum absolute atomic E-state index is 0.113. The number of alkyl halides is 3. The largest absolute Gasteiger partial charge is 0.472 e. The van der Waals surface area contributed by atoms with E-state index in [-0.39, 0.29) is 23.6 Å². The molecular formula is C19H12F3N3O2. The van der Waals surface area contributed by atoms with E-state index in [9.17, 15) is 18.0 Å². The van der Waals surface area contributed by atoms with Gasteiger partial charge in [-0.1, -0.05) is 18.2 Å². The first kappa shape index (κ1) is 17.0. The molecule has 8 heteroatoms. The molecular weight excluding hydrogens is 359 g/mol. The Balaban J connectivity index is 1.60. The molecule has 5 nitrogen and oxygen atoms in total. The molecule has 3 aromatic heterocycles. The lowest BCUT2D eigenvalue weighted by Crippen LogP contribution is -2.08. The molecule has 0 N–H and O–H groups in total. The number of rotatable bonds is 4. The zero-order valence-corrected chi connectivity index (χ0v) is 13.8. The number of hydrogen-bond acceptors (Lipinski definition) is 4. The van der Waals surface area contributed by atoms with Gasteiger partial charge in [-0.2, -0.15) is 18.3 Å². The van der Waals surface area contributed by atoms with E-state index in [0.717, 1.165) is 35.5 Å². The van der Waals surface area contributed by atoms with Crippen LogP contribution in [0.25, 0.3) is 16.9 Å². The summed E-state index contributed by atoms with van der Waals surface area (Å²) in [6, 6.07) is 11.3. The predicted octanol–water partition coefficient (Wildman–Crippen LogP) is 4.43. The van der Waals surface area contributed by atoms with E-state index in [1.165, 1.54) is 0 Å². The third kappa shape index (κ3) is 3.33. The normalized spacial score (nSPS) is 11.8. The molecule has 0 saturated carbocycles. The quantitative estimate of drug-likeness (QED) is 0.498. The number of pyridine rings is 1. The Kier molecular flexibility index (Phi) is 4.02. The third-order valence-electron chi connectivity index (χ3n) is 4.07. The molecule has 0 bridgehead atoms. The fraction of sp³-hybridized carbons (Fsp3) is 0.105. The van der Waals surface area contributed by atoms with Crippen LogP contribution in [0.3, 0.4) is 0 Å². The number of carbonyl (C=O) groups is 1. The number of nitrogens with zero attached hydrogens (tertiary/aromatic N) is 3. The van der Waals surface area contributed by atoms with Crippen molar-refractivity contribution in [3.05, 3.63) is 78.0 Å². The maximum atomic E-state index is 12.6. The summed E-state index contributed by atoms with van der Waals surface area (Å²) in [4.78, 5) is 16.7. The highest BCUT2D eigenvalue weighted by molar-refractivity contribution is 5.97. The van der Waals surface area contributed by atoms with E-state index >= 15 is 0 Å². The summed E-state index contributed by atoms with van der Waals surface area (Å²) in [6.07, 6.45) is -1.43. The van der Waals surface area contributed by atoms with Crippen molar-refractivity contribution >= 4 is 11.4 Å². The third-order valence-corrected chi connectivity index (χ3v) is 4.07. The number of ketones is 1. The van der Waals surface area contributed by atoms with Crippen LogP contribution in [0, 0.1) is 0 Å². The molecule has 0 atom stereocenters. The van der Waals surface area contributed by atoms with E-state index in [1.54, 1.807) is 29.2 Å². The minimum atomic E-state index is -4.44. The van der Waals surface area contributed by atoms with Gasteiger partial charge >= 0.3 is 6.18 Å². The number of furan rings is 1. The Morgan fingerprint density at radius 2 is 1.85 bits per heavy atom. The van der Waals surface area contributed by atoms with E-state index < -0.39 is 11.7 Å². The average molecular weight is 371 g/mol. The Labute approximate surface area is 151 Å². The number of aromatic nitrogens is 3. The topological polar surface area (TPSA) is 60.4 Å². The van der Waals surface area contributed by atoms with Gasteiger partial charge in [0.25, 0.3) is 0 Å². The molecule has 0 fully saturated rings. The summed E-state index contributed by atoms with van der Waals surface area (Å²) in [7, 11) is 0. The highest BCUT2D eigenvalue weighted by Gasteiger charge is 2.30. The smallest absolute Gasteiger partial charge is 0.416 e. The number of halogens is 3. The summed E-state index contributed by atoms with van der Waals surface area (Å²) in [6.45, 7) is 0. The number of benzene rings is 1. The Morgan fingerprint density at radius 1 is 1.07 bits per heavy atom. The molecule has 0 aliphatic heterocycles. The predicted molar refractivity (Wildman–Crippen MR) is 90.2 cm³/mol. The Bertz CT molecular complexity index is 1100. The Hall–Kier alpha value is -3.42. The molecule has 4 rings (SSSR count). The molecule has 0 saturated heterocycles. The number of hydrogen-bond donors (Lipinski definition) is 0. The molecule has 0 unspecified atom stereocenters. The number of Topliss-reactive ketones (excluding diaryl/α,β-unsaturated/α-hetero) is 1. The summed E-state index contributed by atoms with van der Waals surface area (Å²) in [5, 5.41) is 4.35. The van der Waals surface area contributed by atoms with Gasteiger partial charge in [-0.25, -0.2) is 9.50 Å². The fourth-order valence-corrected chi connectivity index (χ4v) is 2.74. The van der Waals surface area contributed by atoms with Gasteiger partial charge in [0.05, 0.1) is 30.2 Å². The highest BCUT2D eigenvalue weighted by atomic mass is 19.4. The first-order valence-electron chi connectivity index (χ1n) is 7.99. The molecule has 136 valence electrons. The maximum Gasteiger partial charge on any atom is 0.416 e. The van der Waals surface area contributed by atoms with Crippen molar-refractivity contribution < 1.29 is 22.4 Å². The fourth-order valence-electron chi connectivity index (χ4n) is 2.74. The van der Waals surface area contributed by atoms with E-state index in [4.69, 9.17) is 4.42 Å². The zero-order valence-electron chi connectivity index (χ0n) is 13.8. The second-order valence-corrected chi connectivity index (χ2v) is 5.90. The van der Waals surface area contributed by atoms with Crippen molar-refractivity contribution in [3.8, 4) is 11.3 Å². The van der Waals surface area contributed by atoms with Gasteiger partial charge in [-0.3, -0.25) is 4.79 Å². The SMILES string of the molecule is O=C(Cc1nc2cccc(-c3ccoc3)n2n1)c1ccc(C(F)(F)F)cc1. The average Bonchev–Trinajstić information content (AvgIpc) is 3.30. The van der Waals surface area contributed by atoms with Gasteiger partial charge in [0, 0.05) is 11.1 Å². The number of carbonyl (C=O) groups excluding carboxylic acids is 1. The van der Waals surface area contributed by atoms with E-state index in [0.29, 0.717) is 5.65 Å². The number of fused-ring (bicyclic) bond motifs is 1. The van der Waals surface area contributed by atoms with Crippen molar-refractivity contribution in [2.75, 3.05) is 0 Å². The molecule has 0 radical (unpaired) electrons. The molecule has 3 heterocycles. The van der Waals surface area contributed by atoms with E-state index in [2.05, 4.69) is 10.1 Å². The van der Waals surface area contributed by atoms with Crippen molar-refractivity contribution in [2.24, 2.45) is 0 Å². The molecule has 0 spiro atoms. The maximum absolute atomic E-state index is 12.6. The van der Waals surface area contributed by atoms with Gasteiger partial charge in [0.15, 0.2) is 17.3 Å². The van der Waals surface area contributed by atoms with Crippen LogP contribution in [0.5, 0.6) is 0 Å². The van der Waals surface area contributed by atoms with Crippen molar-refractivity contribution in [1.82, 2.24) is 14.6 Å². The van der Waals surface area contributed by atoms with Crippen molar-refractivity contribution in [3.63, 3.8) is 0 Å². The molecule has 1 aromatic carbocycles. The van der Waals surface area contributed by atoms with Crippen LogP contribution in [0.2, 0.25) is 0 Å². The van der Waals surface area contributed by atoms with Gasteiger partial charge in [-0.05, 0) is 30.3 Å². The van der Waals surface area contributed by atoms with Gasteiger partial charge in [0.2, 0.25) is 0 Å². The van der Waals surface area contributed by atoms with Crippen LogP contribution < -0.4 is 0 Å². The summed E-state index contributed by atoms with van der Waals surface area (Å²) >= 11 is 0. The molecule has 0 aliphatic carbocycles. The second kappa shape index (κ2) is 6.39. The standard InChI is InChI=1S/C19H12F3N3O2/c20-19(21,22)14-6-4-12(5-7-14)16(26)10-17-23-18-3-1-2-15(25(18)24-17)13-8-9-27-11-13/h1-9,11H,10H2. The Morgan fingerprint density at radius 3 is 2.52 bits per heavy atom. The second-order valence-electron chi connectivity index (χ2n) is 5.90. The van der Waals surface area contributed by atoms with Gasteiger partial charge in [0.1, 0.15) is 0 Å². The van der Waals surface area contributed by atoms with Crippen molar-refractivity contribution in [2.45, 2.75) is 12.6 Å². The minimum Gasteiger partial charge on any atom is -0.472 e. The van der Waals surface area contributed by atoms with Crippen LogP contribution >= 0.6 is 0 Å². The molecule has 0 aliphatic rings. The lowest BCUT2D eigenvalue weighted by Gasteiger charge is -2.06. The lowest BCUT2D eigenvalue weighted by molar-refractivity contribution is -0.137. The van der Waals surface area contributed by atoms with Crippen molar-refractivity contribution in [1.29, 1.82) is 0 Å². The van der Waals surface area contributed by atoms with Crippen LogP contribution in [-0.4, -0.2) is 20.4 Å². The zero-order chi connectivity index (χ0) is 19.0. The van der Waals surface area contributed by atoms with Gasteiger partial charge in [-0.15, -0.1) is 0 Å². The van der Waals surface area contributed by atoms with Gasteiger partial charge < -0.3 is 4.42 Å². The van der Waals surface area contributed by atoms with E-state index in [1.807, 2.05) is 12.1 Å². The monoisotopic (exact) mass is 371 g/mol. The van der Waals surface area contributed by atoms with Crippen LogP contribution in [0.4, 0.5) is 13.2 Å². The summed E-state index contributed by atoms with van der Waals surface area (Å²) in [5.41, 5.74) is 1.50. The highest BCUT2D eigenvalue weighted by Crippen LogP contribution is 2.29. The molecule has 4 aromatic rings. The molecule has 27 heavy (non-hydrogen) atoms. The lowest BCUT2D eigenvalue weighted by atomic mass is 10.1. The van der Waals surface area contributed by atoms with Crippen LogP contribution in [0.1, 0.15) is 21.7 Å². The van der Waals surface area contributed by atoms with Crippen LogP contribution in [-0.2, 0) is 12.6 Å². The summed E-state index contributed by atoms with van der Waals surface area (Å²) in [5.74, 6) is -0.0691.